The molecule has 1 fully saturated rings. The molecule has 0 aliphatic carbocycles. The van der Waals surface area contributed by atoms with Gasteiger partial charge in [0, 0.05) is 75.0 Å². The van der Waals surface area contributed by atoms with E-state index in [1.54, 1.807) is 11.3 Å². The van der Waals surface area contributed by atoms with Crippen molar-refractivity contribution in [1.82, 2.24) is 30.4 Å². The Morgan fingerprint density at radius 3 is 2.76 bits per heavy atom. The smallest absolute Gasteiger partial charge is 0.189 e. The number of thiazole rings is 1. The summed E-state index contributed by atoms with van der Waals surface area (Å²) >= 11 is 1.64. The van der Waals surface area contributed by atoms with Crippen molar-refractivity contribution in [3.8, 4) is 11.1 Å². The van der Waals surface area contributed by atoms with Gasteiger partial charge in [0.25, 0.3) is 0 Å². The van der Waals surface area contributed by atoms with Gasteiger partial charge in [-0.05, 0) is 23.8 Å². The number of hydrogen-bond acceptors (Lipinski definition) is 8. The summed E-state index contributed by atoms with van der Waals surface area (Å²) in [6.07, 6.45) is 5.61. The van der Waals surface area contributed by atoms with Gasteiger partial charge < -0.3 is 15.5 Å². The molecule has 9 heteroatoms. The molecular formula is C24H30N8S. The SMILES string of the molecule is CC(C)NCCN1CCN(c2ccnc(Nc3nc4ccc(-c5cn[nH]c5)cc4s3)c2)CC1. The Morgan fingerprint density at radius 1 is 1.09 bits per heavy atom. The molecule has 1 saturated heterocycles. The minimum absolute atomic E-state index is 0.544. The van der Waals surface area contributed by atoms with E-state index in [4.69, 9.17) is 4.98 Å². The Hall–Kier alpha value is -3.01. The summed E-state index contributed by atoms with van der Waals surface area (Å²) < 4.78 is 1.13. The first kappa shape index (κ1) is 21.8. The third kappa shape index (κ3) is 5.32. The number of rotatable bonds is 8. The number of benzene rings is 1. The van der Waals surface area contributed by atoms with E-state index < -0.39 is 0 Å². The number of pyridine rings is 1. The van der Waals surface area contributed by atoms with E-state index >= 15 is 0 Å². The molecule has 1 aliphatic heterocycles. The standard InChI is InChI=1S/C24H30N8S/c1-17(2)25-7-8-31-9-11-32(12-10-31)20-5-6-26-23(14-20)30-24-29-21-4-3-18(13-22(21)33-24)19-15-27-28-16-19/h3-6,13-17,25H,7-12H2,1-2H3,(H,27,28)(H,26,29,30). The van der Waals surface area contributed by atoms with Gasteiger partial charge in [0.15, 0.2) is 5.13 Å². The van der Waals surface area contributed by atoms with Crippen LogP contribution in [0.3, 0.4) is 0 Å². The summed E-state index contributed by atoms with van der Waals surface area (Å²) in [4.78, 5) is 14.2. The molecule has 5 rings (SSSR count). The van der Waals surface area contributed by atoms with Gasteiger partial charge in [-0.3, -0.25) is 10.00 Å². The molecule has 0 radical (unpaired) electrons. The minimum Gasteiger partial charge on any atom is -0.369 e. The number of nitrogens with zero attached hydrogens (tertiary/aromatic N) is 5. The summed E-state index contributed by atoms with van der Waals surface area (Å²) in [5.74, 6) is 0.824. The molecule has 4 aromatic rings. The van der Waals surface area contributed by atoms with Crippen LogP contribution in [0.25, 0.3) is 21.3 Å². The maximum Gasteiger partial charge on any atom is 0.189 e. The molecule has 0 unspecified atom stereocenters. The van der Waals surface area contributed by atoms with E-state index in [0.717, 1.165) is 71.6 Å². The molecule has 1 aromatic carbocycles. The van der Waals surface area contributed by atoms with Gasteiger partial charge in [-0.15, -0.1) is 0 Å². The molecule has 0 saturated carbocycles. The lowest BCUT2D eigenvalue weighted by Crippen LogP contribution is -2.48. The Balaban J connectivity index is 1.22. The molecule has 0 atom stereocenters. The van der Waals surface area contributed by atoms with Gasteiger partial charge in [0.05, 0.1) is 16.4 Å². The van der Waals surface area contributed by atoms with Crippen molar-refractivity contribution >= 4 is 38.2 Å². The zero-order valence-corrected chi connectivity index (χ0v) is 19.9. The highest BCUT2D eigenvalue weighted by Crippen LogP contribution is 2.32. The van der Waals surface area contributed by atoms with Crippen LogP contribution in [0.15, 0.2) is 48.9 Å². The number of H-pyrrole nitrogens is 1. The first-order chi connectivity index (χ1) is 16.1. The summed E-state index contributed by atoms with van der Waals surface area (Å²) in [6, 6.07) is 11.1. The summed E-state index contributed by atoms with van der Waals surface area (Å²) in [5.41, 5.74) is 4.39. The summed E-state index contributed by atoms with van der Waals surface area (Å²) in [7, 11) is 0. The second-order valence-electron chi connectivity index (χ2n) is 8.65. The normalized spacial score (nSPS) is 14.9. The molecule has 3 N–H and O–H groups in total. The lowest BCUT2D eigenvalue weighted by atomic mass is 10.1. The molecule has 0 bridgehead atoms. The first-order valence-electron chi connectivity index (χ1n) is 11.5. The van der Waals surface area contributed by atoms with Crippen molar-refractivity contribution in [2.45, 2.75) is 19.9 Å². The zero-order valence-electron chi connectivity index (χ0n) is 19.1. The van der Waals surface area contributed by atoms with Crippen LogP contribution in [0.1, 0.15) is 13.8 Å². The van der Waals surface area contributed by atoms with E-state index in [1.165, 1.54) is 5.69 Å². The molecule has 1 aliphatic rings. The Kier molecular flexibility index (Phi) is 6.52. The summed E-state index contributed by atoms with van der Waals surface area (Å²) in [6.45, 7) is 10.8. The van der Waals surface area contributed by atoms with Crippen LogP contribution in [0, 0.1) is 0 Å². The number of nitrogens with one attached hydrogen (secondary N) is 3. The van der Waals surface area contributed by atoms with Crippen molar-refractivity contribution in [3.63, 3.8) is 0 Å². The topological polar surface area (TPSA) is 85.0 Å². The molecular weight excluding hydrogens is 432 g/mol. The van der Waals surface area contributed by atoms with E-state index in [-0.39, 0.29) is 0 Å². The average molecular weight is 463 g/mol. The highest BCUT2D eigenvalue weighted by molar-refractivity contribution is 7.22. The third-order valence-electron chi connectivity index (χ3n) is 5.92. The predicted molar refractivity (Wildman–Crippen MR) is 137 cm³/mol. The highest BCUT2D eigenvalue weighted by atomic mass is 32.1. The fraction of sp³-hybridized carbons (Fsp3) is 0.375. The first-order valence-corrected chi connectivity index (χ1v) is 12.3. The highest BCUT2D eigenvalue weighted by Gasteiger charge is 2.17. The fourth-order valence-corrected chi connectivity index (χ4v) is 5.01. The van der Waals surface area contributed by atoms with Crippen LogP contribution in [0.2, 0.25) is 0 Å². The average Bonchev–Trinajstić information content (AvgIpc) is 3.49. The fourth-order valence-electron chi connectivity index (χ4n) is 4.10. The molecule has 3 aromatic heterocycles. The minimum atomic E-state index is 0.544. The third-order valence-corrected chi connectivity index (χ3v) is 6.85. The van der Waals surface area contributed by atoms with Crippen LogP contribution in [0.4, 0.5) is 16.6 Å². The van der Waals surface area contributed by atoms with Gasteiger partial charge in [-0.2, -0.15) is 5.10 Å². The van der Waals surface area contributed by atoms with Gasteiger partial charge in [0.1, 0.15) is 5.82 Å². The van der Waals surface area contributed by atoms with Crippen LogP contribution in [-0.2, 0) is 0 Å². The number of aromatic nitrogens is 4. The van der Waals surface area contributed by atoms with E-state index in [2.05, 4.69) is 79.8 Å². The van der Waals surface area contributed by atoms with Crippen LogP contribution in [-0.4, -0.2) is 70.4 Å². The molecule has 33 heavy (non-hydrogen) atoms. The lowest BCUT2D eigenvalue weighted by Gasteiger charge is -2.36. The Bertz CT molecular complexity index is 1180. The van der Waals surface area contributed by atoms with Crippen LogP contribution < -0.4 is 15.5 Å². The van der Waals surface area contributed by atoms with Gasteiger partial charge in [0.2, 0.25) is 0 Å². The predicted octanol–water partition coefficient (Wildman–Crippen LogP) is 3.95. The van der Waals surface area contributed by atoms with E-state index in [9.17, 15) is 0 Å². The summed E-state index contributed by atoms with van der Waals surface area (Å²) in [5, 5.41) is 14.7. The van der Waals surface area contributed by atoms with Gasteiger partial charge in [-0.25, -0.2) is 9.97 Å². The quantitative estimate of drug-likeness (QED) is 0.366. The van der Waals surface area contributed by atoms with Crippen molar-refractivity contribution in [1.29, 1.82) is 0 Å². The van der Waals surface area contributed by atoms with E-state index in [1.807, 2.05) is 18.6 Å². The van der Waals surface area contributed by atoms with Crippen molar-refractivity contribution < 1.29 is 0 Å². The number of aromatic amines is 1. The molecule has 0 amide bonds. The van der Waals surface area contributed by atoms with Crippen molar-refractivity contribution in [3.05, 3.63) is 48.9 Å². The second kappa shape index (κ2) is 9.86. The molecule has 172 valence electrons. The van der Waals surface area contributed by atoms with Gasteiger partial charge >= 0.3 is 0 Å². The number of hydrogen-bond donors (Lipinski definition) is 3. The van der Waals surface area contributed by atoms with Crippen molar-refractivity contribution in [2.24, 2.45) is 0 Å². The number of fused-ring (bicyclic) bond motifs is 1. The molecule has 0 spiro atoms. The maximum absolute atomic E-state index is 4.74. The zero-order chi connectivity index (χ0) is 22.6. The van der Waals surface area contributed by atoms with Crippen molar-refractivity contribution in [2.75, 3.05) is 49.5 Å². The monoisotopic (exact) mass is 462 g/mol. The maximum atomic E-state index is 4.74. The number of piperazine rings is 1. The second-order valence-corrected chi connectivity index (χ2v) is 9.68. The van der Waals surface area contributed by atoms with Crippen LogP contribution in [0.5, 0.6) is 0 Å². The Morgan fingerprint density at radius 2 is 1.97 bits per heavy atom. The molecule has 8 nitrogen and oxygen atoms in total. The van der Waals surface area contributed by atoms with Gasteiger partial charge in [-0.1, -0.05) is 31.3 Å². The van der Waals surface area contributed by atoms with E-state index in [0.29, 0.717) is 6.04 Å². The molecule has 4 heterocycles. The Labute approximate surface area is 198 Å². The number of anilines is 3. The van der Waals surface area contributed by atoms with Crippen LogP contribution >= 0.6 is 11.3 Å². The lowest BCUT2D eigenvalue weighted by molar-refractivity contribution is 0.255. The largest absolute Gasteiger partial charge is 0.369 e.